The summed E-state index contributed by atoms with van der Waals surface area (Å²) in [6.07, 6.45) is 6.11. The smallest absolute Gasteiger partial charge is 0.251 e. The number of anilines is 1. The molecule has 0 aromatic heterocycles. The summed E-state index contributed by atoms with van der Waals surface area (Å²) < 4.78 is 28.9. The van der Waals surface area contributed by atoms with Crippen LogP contribution in [-0.2, 0) is 16.6 Å². The van der Waals surface area contributed by atoms with E-state index in [0.717, 1.165) is 57.4 Å². The second-order valence-electron chi connectivity index (χ2n) is 9.67. The van der Waals surface area contributed by atoms with E-state index in [2.05, 4.69) is 27.2 Å². The Balaban J connectivity index is 1.47. The van der Waals surface area contributed by atoms with Gasteiger partial charge in [0.1, 0.15) is 4.90 Å². The minimum atomic E-state index is -3.66. The lowest BCUT2D eigenvalue weighted by atomic mass is 10.1. The molecular weight excluding hydrogens is 460 g/mol. The zero-order chi connectivity index (χ0) is 24.7. The van der Waals surface area contributed by atoms with Gasteiger partial charge in [0.05, 0.1) is 5.69 Å². The fourth-order valence-corrected chi connectivity index (χ4v) is 6.69. The van der Waals surface area contributed by atoms with Crippen molar-refractivity contribution in [3.8, 4) is 0 Å². The summed E-state index contributed by atoms with van der Waals surface area (Å²) in [5.74, 6) is -0.238. The summed E-state index contributed by atoms with van der Waals surface area (Å²) in [6, 6.07) is 15.4. The predicted octanol–water partition coefficient (Wildman–Crippen LogP) is 3.71. The molecule has 7 nitrogen and oxygen atoms in total. The zero-order valence-electron chi connectivity index (χ0n) is 20.8. The first-order valence-electron chi connectivity index (χ1n) is 12.8. The van der Waals surface area contributed by atoms with Gasteiger partial charge in [-0.25, -0.2) is 8.42 Å². The highest BCUT2D eigenvalue weighted by Crippen LogP contribution is 2.32. The second-order valence-corrected chi connectivity index (χ2v) is 11.6. The van der Waals surface area contributed by atoms with E-state index in [0.29, 0.717) is 31.7 Å². The quantitative estimate of drug-likeness (QED) is 0.571. The van der Waals surface area contributed by atoms with Crippen LogP contribution in [0.15, 0.2) is 53.4 Å². The first kappa shape index (κ1) is 25.7. The van der Waals surface area contributed by atoms with Crippen LogP contribution in [0.2, 0.25) is 0 Å². The molecule has 2 heterocycles. The maximum Gasteiger partial charge on any atom is 0.251 e. The highest BCUT2D eigenvalue weighted by Gasteiger charge is 2.31. The van der Waals surface area contributed by atoms with Crippen molar-refractivity contribution in [2.75, 3.05) is 51.2 Å². The molecule has 0 radical (unpaired) electrons. The molecule has 2 aliphatic heterocycles. The molecule has 2 saturated heterocycles. The van der Waals surface area contributed by atoms with Crippen molar-refractivity contribution in [2.45, 2.75) is 50.0 Å². The number of piperidine rings is 2. The molecule has 0 bridgehead atoms. The molecule has 2 aromatic rings. The van der Waals surface area contributed by atoms with Crippen LogP contribution in [0.1, 0.15) is 54.4 Å². The van der Waals surface area contributed by atoms with E-state index in [1.165, 1.54) is 12.0 Å². The Kier molecular flexibility index (Phi) is 8.81. The fraction of sp³-hybridized carbons (Fsp3) is 0.519. The number of amides is 1. The summed E-state index contributed by atoms with van der Waals surface area (Å²) >= 11 is 0. The Morgan fingerprint density at radius 1 is 0.914 bits per heavy atom. The van der Waals surface area contributed by atoms with Crippen molar-refractivity contribution in [1.29, 1.82) is 0 Å². The van der Waals surface area contributed by atoms with Crippen LogP contribution >= 0.6 is 0 Å². The average molecular weight is 499 g/mol. The largest absolute Gasteiger partial charge is 0.370 e. The molecule has 0 atom stereocenters. The molecule has 0 unspecified atom stereocenters. The van der Waals surface area contributed by atoms with Gasteiger partial charge in [0, 0.05) is 51.4 Å². The first-order chi connectivity index (χ1) is 16.9. The Bertz CT molecular complexity index is 1080. The Hall–Kier alpha value is -2.42. The van der Waals surface area contributed by atoms with Crippen LogP contribution in [0.25, 0.3) is 0 Å². The van der Waals surface area contributed by atoms with Crippen molar-refractivity contribution in [1.82, 2.24) is 14.5 Å². The third-order valence-corrected chi connectivity index (χ3v) is 8.85. The molecule has 0 saturated carbocycles. The maximum atomic E-state index is 13.7. The third-order valence-electron chi connectivity index (χ3n) is 6.93. The van der Waals surface area contributed by atoms with Crippen LogP contribution in [0.3, 0.4) is 0 Å². The summed E-state index contributed by atoms with van der Waals surface area (Å²) in [5.41, 5.74) is 2.35. The van der Waals surface area contributed by atoms with E-state index in [9.17, 15) is 13.2 Å². The predicted molar refractivity (Wildman–Crippen MR) is 140 cm³/mol. The lowest BCUT2D eigenvalue weighted by Gasteiger charge is -2.33. The molecule has 1 N–H and O–H groups in total. The van der Waals surface area contributed by atoms with Gasteiger partial charge >= 0.3 is 0 Å². The fourth-order valence-electron chi connectivity index (χ4n) is 4.94. The Morgan fingerprint density at radius 2 is 1.57 bits per heavy atom. The van der Waals surface area contributed by atoms with Gasteiger partial charge in [-0.2, -0.15) is 4.31 Å². The topological polar surface area (TPSA) is 73.0 Å². The van der Waals surface area contributed by atoms with Crippen molar-refractivity contribution in [3.05, 3.63) is 59.7 Å². The van der Waals surface area contributed by atoms with Crippen LogP contribution in [0.4, 0.5) is 5.69 Å². The minimum Gasteiger partial charge on any atom is -0.370 e. The van der Waals surface area contributed by atoms with E-state index in [4.69, 9.17) is 0 Å². The van der Waals surface area contributed by atoms with Gasteiger partial charge in [0.25, 0.3) is 5.91 Å². The second kappa shape index (κ2) is 12.0. The van der Waals surface area contributed by atoms with Gasteiger partial charge in [-0.05, 0) is 62.9 Å². The highest BCUT2D eigenvalue weighted by atomic mass is 32.2. The number of carbonyl (C=O) groups is 1. The lowest BCUT2D eigenvalue weighted by molar-refractivity contribution is 0.0949. The summed E-state index contributed by atoms with van der Waals surface area (Å²) in [5, 5.41) is 2.97. The molecule has 2 fully saturated rings. The SMILES string of the molecule is CN(CCNC(=O)c1ccc(N2CCCCC2)c(S(=O)(=O)N2CCCCC2)c1)Cc1ccccc1. The molecule has 190 valence electrons. The summed E-state index contributed by atoms with van der Waals surface area (Å²) in [4.78, 5) is 17.6. The van der Waals surface area contributed by atoms with Gasteiger partial charge in [-0.15, -0.1) is 0 Å². The molecule has 2 aliphatic rings. The Morgan fingerprint density at radius 3 is 2.26 bits per heavy atom. The number of nitrogens with zero attached hydrogens (tertiary/aromatic N) is 3. The molecule has 35 heavy (non-hydrogen) atoms. The van der Waals surface area contributed by atoms with Gasteiger partial charge in [-0.3, -0.25) is 4.79 Å². The van der Waals surface area contributed by atoms with E-state index in [-0.39, 0.29) is 10.8 Å². The van der Waals surface area contributed by atoms with E-state index in [1.54, 1.807) is 16.4 Å². The van der Waals surface area contributed by atoms with Gasteiger partial charge < -0.3 is 15.1 Å². The number of likely N-dealkylation sites (N-methyl/N-ethyl adjacent to an activating group) is 1. The van der Waals surface area contributed by atoms with E-state index >= 15 is 0 Å². The number of hydrogen-bond donors (Lipinski definition) is 1. The number of rotatable bonds is 9. The first-order valence-corrected chi connectivity index (χ1v) is 14.3. The van der Waals surface area contributed by atoms with Crippen LogP contribution in [0, 0.1) is 0 Å². The van der Waals surface area contributed by atoms with Crippen molar-refractivity contribution < 1.29 is 13.2 Å². The maximum absolute atomic E-state index is 13.7. The van der Waals surface area contributed by atoms with Crippen LogP contribution in [0.5, 0.6) is 0 Å². The summed E-state index contributed by atoms with van der Waals surface area (Å²) in [6.45, 7) is 4.79. The van der Waals surface area contributed by atoms with E-state index in [1.807, 2.05) is 31.3 Å². The van der Waals surface area contributed by atoms with E-state index < -0.39 is 10.0 Å². The average Bonchev–Trinajstić information content (AvgIpc) is 2.90. The van der Waals surface area contributed by atoms with Crippen LogP contribution in [-0.4, -0.2) is 69.8 Å². The zero-order valence-corrected chi connectivity index (χ0v) is 21.6. The minimum absolute atomic E-state index is 0.238. The molecule has 1 amide bonds. The Labute approximate surface area is 210 Å². The normalized spacial score (nSPS) is 17.5. The number of benzene rings is 2. The van der Waals surface area contributed by atoms with Crippen LogP contribution < -0.4 is 10.2 Å². The number of nitrogens with one attached hydrogen (secondary N) is 1. The van der Waals surface area contributed by atoms with Crippen molar-refractivity contribution >= 4 is 21.6 Å². The van der Waals surface area contributed by atoms with Gasteiger partial charge in [0.15, 0.2) is 0 Å². The summed E-state index contributed by atoms with van der Waals surface area (Å²) in [7, 11) is -1.64. The van der Waals surface area contributed by atoms with Gasteiger partial charge in [-0.1, -0.05) is 36.8 Å². The highest BCUT2D eigenvalue weighted by molar-refractivity contribution is 7.89. The number of sulfonamides is 1. The molecule has 4 rings (SSSR count). The third kappa shape index (κ3) is 6.63. The monoisotopic (exact) mass is 498 g/mol. The van der Waals surface area contributed by atoms with Crippen molar-refractivity contribution in [3.63, 3.8) is 0 Å². The number of hydrogen-bond acceptors (Lipinski definition) is 5. The molecule has 2 aromatic carbocycles. The lowest BCUT2D eigenvalue weighted by Crippen LogP contribution is -2.38. The molecule has 0 spiro atoms. The van der Waals surface area contributed by atoms with Gasteiger partial charge in [0.2, 0.25) is 10.0 Å². The number of carbonyl (C=O) groups excluding carboxylic acids is 1. The molecular formula is C27H38N4O3S. The standard InChI is InChI=1S/C27H38N4O3S/c1-29(22-23-11-5-2-6-12-23)20-15-28-27(32)24-13-14-25(30-16-7-3-8-17-30)26(21-24)35(33,34)31-18-9-4-10-19-31/h2,5-6,11-14,21H,3-4,7-10,15-20,22H2,1H3,(H,28,32). The molecule has 8 heteroatoms. The van der Waals surface area contributed by atoms with Crippen molar-refractivity contribution in [2.24, 2.45) is 0 Å². The molecule has 0 aliphatic carbocycles.